The van der Waals surface area contributed by atoms with Gasteiger partial charge < -0.3 is 10.2 Å². The molecule has 21 heavy (non-hydrogen) atoms. The predicted molar refractivity (Wildman–Crippen MR) is 91.7 cm³/mol. The van der Waals surface area contributed by atoms with Crippen LogP contribution in [-0.2, 0) is 4.79 Å². The zero-order valence-electron chi connectivity index (χ0n) is 13.2. The third-order valence-corrected chi connectivity index (χ3v) is 4.71. The molecule has 116 valence electrons. The summed E-state index contributed by atoms with van der Waals surface area (Å²) in [7, 11) is 0. The fraction of sp³-hybridized carbons (Fsp3) is 0.588. The Kier molecular flexibility index (Phi) is 5.68. The van der Waals surface area contributed by atoms with Gasteiger partial charge in [-0.15, -0.1) is 0 Å². The minimum absolute atomic E-state index is 0.194. The van der Waals surface area contributed by atoms with E-state index >= 15 is 0 Å². The van der Waals surface area contributed by atoms with Crippen LogP contribution in [0.5, 0.6) is 0 Å². The fourth-order valence-corrected chi connectivity index (χ4v) is 3.73. The Labute approximate surface area is 136 Å². The molecule has 1 aliphatic heterocycles. The van der Waals surface area contributed by atoms with Gasteiger partial charge in [0, 0.05) is 17.6 Å². The van der Waals surface area contributed by atoms with E-state index in [1.165, 1.54) is 18.4 Å². The van der Waals surface area contributed by atoms with Crippen molar-refractivity contribution in [2.45, 2.75) is 52.5 Å². The number of carbonyl (C=O) groups excluding carboxylic acids is 1. The van der Waals surface area contributed by atoms with Gasteiger partial charge in [0.2, 0.25) is 5.91 Å². The van der Waals surface area contributed by atoms with E-state index in [9.17, 15) is 4.79 Å². The first-order valence-corrected chi connectivity index (χ1v) is 8.60. The monoisotopic (exact) mass is 352 g/mol. The lowest BCUT2D eigenvalue weighted by Gasteiger charge is -2.26. The summed E-state index contributed by atoms with van der Waals surface area (Å²) in [5.74, 6) is 0.212. The first kappa shape index (κ1) is 16.3. The molecule has 2 rings (SSSR count). The number of aryl methyl sites for hydroxylation is 2. The molecule has 1 atom stereocenters. The maximum Gasteiger partial charge on any atom is 0.244 e. The second-order valence-electron chi connectivity index (χ2n) is 6.04. The van der Waals surface area contributed by atoms with Gasteiger partial charge in [-0.25, -0.2) is 0 Å². The standard InChI is InChI=1S/C17H25BrN2O/c1-12-10-13(2)16(15(18)11-12)19-14(3)17(21)20-8-6-4-5-7-9-20/h10-11,14,19H,4-9H2,1-3H3. The minimum Gasteiger partial charge on any atom is -0.373 e. The van der Waals surface area contributed by atoms with Gasteiger partial charge in [-0.3, -0.25) is 4.79 Å². The maximum absolute atomic E-state index is 12.6. The van der Waals surface area contributed by atoms with Crippen molar-refractivity contribution in [3.8, 4) is 0 Å². The molecule has 0 aromatic heterocycles. The van der Waals surface area contributed by atoms with Crippen LogP contribution in [0.2, 0.25) is 0 Å². The van der Waals surface area contributed by atoms with Crippen molar-refractivity contribution in [3.05, 3.63) is 27.7 Å². The highest BCUT2D eigenvalue weighted by Crippen LogP contribution is 2.28. The molecule has 3 nitrogen and oxygen atoms in total. The van der Waals surface area contributed by atoms with E-state index in [1.54, 1.807) is 0 Å². The van der Waals surface area contributed by atoms with Gasteiger partial charge in [-0.1, -0.05) is 18.9 Å². The molecule has 1 aromatic carbocycles. The highest BCUT2D eigenvalue weighted by atomic mass is 79.9. The van der Waals surface area contributed by atoms with Crippen LogP contribution in [0.4, 0.5) is 5.69 Å². The average Bonchev–Trinajstić information content (AvgIpc) is 2.70. The number of nitrogens with zero attached hydrogens (tertiary/aromatic N) is 1. The molecule has 1 saturated heterocycles. The van der Waals surface area contributed by atoms with Crippen molar-refractivity contribution in [2.75, 3.05) is 18.4 Å². The van der Waals surface area contributed by atoms with Crippen LogP contribution >= 0.6 is 15.9 Å². The fourth-order valence-electron chi connectivity index (χ4n) is 2.94. The topological polar surface area (TPSA) is 32.3 Å². The molecule has 1 fully saturated rings. The summed E-state index contributed by atoms with van der Waals surface area (Å²) in [5, 5.41) is 3.39. The highest BCUT2D eigenvalue weighted by Gasteiger charge is 2.22. The largest absolute Gasteiger partial charge is 0.373 e. The molecule has 0 spiro atoms. The van der Waals surface area contributed by atoms with Gasteiger partial charge >= 0.3 is 0 Å². The van der Waals surface area contributed by atoms with Crippen LogP contribution in [0.3, 0.4) is 0 Å². The van der Waals surface area contributed by atoms with Gasteiger partial charge in [0.15, 0.2) is 0 Å². The predicted octanol–water partition coefficient (Wildman–Crippen LogP) is 4.27. The summed E-state index contributed by atoms with van der Waals surface area (Å²) in [4.78, 5) is 14.6. The number of amides is 1. The lowest BCUT2D eigenvalue weighted by molar-refractivity contribution is -0.131. The average molecular weight is 353 g/mol. The van der Waals surface area contributed by atoms with Gasteiger partial charge in [0.25, 0.3) is 0 Å². The molecule has 0 bridgehead atoms. The van der Waals surface area contributed by atoms with Crippen molar-refractivity contribution >= 4 is 27.5 Å². The number of benzene rings is 1. The van der Waals surface area contributed by atoms with E-state index in [1.807, 2.05) is 11.8 Å². The van der Waals surface area contributed by atoms with Crippen LogP contribution in [-0.4, -0.2) is 29.9 Å². The van der Waals surface area contributed by atoms with Crippen LogP contribution in [0, 0.1) is 13.8 Å². The normalized spacial score (nSPS) is 17.2. The highest BCUT2D eigenvalue weighted by molar-refractivity contribution is 9.10. The number of likely N-dealkylation sites (tertiary alicyclic amines) is 1. The van der Waals surface area contributed by atoms with E-state index in [-0.39, 0.29) is 11.9 Å². The van der Waals surface area contributed by atoms with Gasteiger partial charge in [-0.2, -0.15) is 0 Å². The van der Waals surface area contributed by atoms with E-state index in [0.29, 0.717) is 0 Å². The van der Waals surface area contributed by atoms with E-state index in [4.69, 9.17) is 0 Å². The third kappa shape index (κ3) is 4.22. The third-order valence-electron chi connectivity index (χ3n) is 4.08. The Morgan fingerprint density at radius 2 is 1.81 bits per heavy atom. The number of carbonyl (C=O) groups is 1. The zero-order valence-corrected chi connectivity index (χ0v) is 14.8. The molecule has 1 unspecified atom stereocenters. The quantitative estimate of drug-likeness (QED) is 0.880. The smallest absolute Gasteiger partial charge is 0.244 e. The van der Waals surface area contributed by atoms with E-state index in [2.05, 4.69) is 47.2 Å². The number of hydrogen-bond acceptors (Lipinski definition) is 2. The summed E-state index contributed by atoms with van der Waals surface area (Å²) in [6, 6.07) is 4.02. The second-order valence-corrected chi connectivity index (χ2v) is 6.90. The van der Waals surface area contributed by atoms with Crippen molar-refractivity contribution in [1.29, 1.82) is 0 Å². The summed E-state index contributed by atoms with van der Waals surface area (Å²) in [5.41, 5.74) is 3.41. The summed E-state index contributed by atoms with van der Waals surface area (Å²) >= 11 is 3.60. The molecule has 0 saturated carbocycles. The van der Waals surface area contributed by atoms with Crippen LogP contribution < -0.4 is 5.32 Å². The van der Waals surface area contributed by atoms with Crippen molar-refractivity contribution in [1.82, 2.24) is 4.90 Å². The molecule has 0 radical (unpaired) electrons. The maximum atomic E-state index is 12.6. The van der Waals surface area contributed by atoms with Gasteiger partial charge in [0.05, 0.1) is 5.69 Å². The molecular formula is C17H25BrN2O. The Morgan fingerprint density at radius 3 is 2.38 bits per heavy atom. The van der Waals surface area contributed by atoms with Crippen molar-refractivity contribution in [2.24, 2.45) is 0 Å². The molecule has 1 heterocycles. The Morgan fingerprint density at radius 1 is 1.19 bits per heavy atom. The Balaban J connectivity index is 2.06. The summed E-state index contributed by atoms with van der Waals surface area (Å²) < 4.78 is 1.02. The van der Waals surface area contributed by atoms with E-state index < -0.39 is 0 Å². The molecule has 1 aliphatic rings. The molecule has 4 heteroatoms. The number of nitrogens with one attached hydrogen (secondary N) is 1. The molecule has 1 N–H and O–H groups in total. The Hall–Kier alpha value is -1.03. The number of rotatable bonds is 3. The molecular weight excluding hydrogens is 328 g/mol. The lowest BCUT2D eigenvalue weighted by Crippen LogP contribution is -2.42. The zero-order chi connectivity index (χ0) is 15.4. The first-order chi connectivity index (χ1) is 9.99. The van der Waals surface area contributed by atoms with Crippen molar-refractivity contribution < 1.29 is 4.79 Å². The lowest BCUT2D eigenvalue weighted by atomic mass is 10.1. The first-order valence-electron chi connectivity index (χ1n) is 7.81. The summed E-state index contributed by atoms with van der Waals surface area (Å²) in [6.45, 7) is 7.91. The van der Waals surface area contributed by atoms with Crippen LogP contribution in [0.25, 0.3) is 0 Å². The molecule has 1 aromatic rings. The minimum atomic E-state index is -0.194. The number of halogens is 1. The molecule has 1 amide bonds. The SMILES string of the molecule is Cc1cc(C)c(NC(C)C(=O)N2CCCCCC2)c(Br)c1. The van der Waals surface area contributed by atoms with E-state index in [0.717, 1.165) is 41.7 Å². The molecule has 0 aliphatic carbocycles. The second kappa shape index (κ2) is 7.30. The van der Waals surface area contributed by atoms with Crippen LogP contribution in [0.1, 0.15) is 43.7 Å². The summed E-state index contributed by atoms with van der Waals surface area (Å²) in [6.07, 6.45) is 4.75. The van der Waals surface area contributed by atoms with Crippen molar-refractivity contribution in [3.63, 3.8) is 0 Å². The van der Waals surface area contributed by atoms with Gasteiger partial charge in [-0.05, 0) is 66.7 Å². The number of hydrogen-bond donors (Lipinski definition) is 1. The van der Waals surface area contributed by atoms with Gasteiger partial charge in [0.1, 0.15) is 6.04 Å². The van der Waals surface area contributed by atoms with Crippen LogP contribution in [0.15, 0.2) is 16.6 Å². The number of anilines is 1. The Bertz CT molecular complexity index is 485.